The molecule has 0 spiro atoms. The fraction of sp³-hybridized carbons (Fsp3) is 0.158. The number of benzene rings is 2. The van der Waals surface area contributed by atoms with Gasteiger partial charge in [-0.1, -0.05) is 17.7 Å². The predicted octanol–water partition coefficient (Wildman–Crippen LogP) is 4.06. The molecule has 132 valence electrons. The van der Waals surface area contributed by atoms with Crippen LogP contribution >= 0.6 is 11.3 Å². The summed E-state index contributed by atoms with van der Waals surface area (Å²) in [6.07, 6.45) is 0. The smallest absolute Gasteiger partial charge is 0.212 e. The summed E-state index contributed by atoms with van der Waals surface area (Å²) in [7, 11) is 1.59. The zero-order valence-electron chi connectivity index (χ0n) is 14.3. The Bertz CT molecular complexity index is 1050. The molecule has 2 aromatic heterocycles. The second-order valence-electron chi connectivity index (χ2n) is 5.83. The van der Waals surface area contributed by atoms with E-state index in [1.165, 1.54) is 16.9 Å². The lowest BCUT2D eigenvalue weighted by atomic mass is 10.1. The number of thiazole rings is 1. The van der Waals surface area contributed by atoms with Crippen LogP contribution in [0.4, 0.5) is 0 Å². The molecule has 0 aliphatic heterocycles. The Balaban J connectivity index is 1.62. The van der Waals surface area contributed by atoms with E-state index in [1.54, 1.807) is 29.8 Å². The van der Waals surface area contributed by atoms with Crippen molar-refractivity contribution in [1.29, 1.82) is 0 Å². The van der Waals surface area contributed by atoms with Crippen LogP contribution in [0.3, 0.4) is 0 Å². The van der Waals surface area contributed by atoms with Gasteiger partial charge in [0.05, 0.1) is 12.8 Å². The summed E-state index contributed by atoms with van der Waals surface area (Å²) in [4.78, 5) is 5.24. The second-order valence-corrected chi connectivity index (χ2v) is 6.66. The molecule has 0 saturated heterocycles. The summed E-state index contributed by atoms with van der Waals surface area (Å²) in [5, 5.41) is 16.6. The lowest BCUT2D eigenvalue weighted by Gasteiger charge is -2.06. The predicted molar refractivity (Wildman–Crippen MR) is 100 cm³/mol. The summed E-state index contributed by atoms with van der Waals surface area (Å²) in [5.41, 5.74) is 2.59. The van der Waals surface area contributed by atoms with E-state index in [0.717, 1.165) is 16.4 Å². The van der Waals surface area contributed by atoms with E-state index in [2.05, 4.69) is 10.1 Å². The number of fused-ring (bicyclic) bond motifs is 1. The molecule has 2 heterocycles. The number of methoxy groups -OCH3 is 1. The van der Waals surface area contributed by atoms with Crippen LogP contribution in [-0.4, -0.2) is 26.8 Å². The van der Waals surface area contributed by atoms with Gasteiger partial charge in [-0.05, 0) is 37.3 Å². The van der Waals surface area contributed by atoms with Crippen LogP contribution < -0.4 is 9.47 Å². The normalized spacial score (nSPS) is 11.0. The van der Waals surface area contributed by atoms with Crippen molar-refractivity contribution < 1.29 is 14.6 Å². The first-order valence-electron chi connectivity index (χ1n) is 8.04. The summed E-state index contributed by atoms with van der Waals surface area (Å²) in [6, 6.07) is 12.9. The monoisotopic (exact) mass is 367 g/mol. The minimum atomic E-state index is 0.165. The average molecular weight is 367 g/mol. The van der Waals surface area contributed by atoms with Gasteiger partial charge in [0, 0.05) is 10.9 Å². The molecule has 0 saturated carbocycles. The molecule has 0 unspecified atom stereocenters. The van der Waals surface area contributed by atoms with Gasteiger partial charge in [-0.25, -0.2) is 4.52 Å². The van der Waals surface area contributed by atoms with Gasteiger partial charge >= 0.3 is 0 Å². The number of hydrogen-bond donors (Lipinski definition) is 1. The molecule has 0 amide bonds. The summed E-state index contributed by atoms with van der Waals surface area (Å²) < 4.78 is 12.7. The van der Waals surface area contributed by atoms with Crippen molar-refractivity contribution in [3.05, 3.63) is 59.2 Å². The minimum absolute atomic E-state index is 0.165. The van der Waals surface area contributed by atoms with Gasteiger partial charge in [0.2, 0.25) is 4.96 Å². The van der Waals surface area contributed by atoms with Crippen molar-refractivity contribution >= 4 is 16.3 Å². The molecular weight excluding hydrogens is 350 g/mol. The number of rotatable bonds is 5. The zero-order chi connectivity index (χ0) is 18.1. The van der Waals surface area contributed by atoms with E-state index in [0.29, 0.717) is 17.1 Å². The van der Waals surface area contributed by atoms with Gasteiger partial charge in [-0.15, -0.1) is 16.4 Å². The number of aromatic nitrogens is 3. The average Bonchev–Trinajstić information content (AvgIpc) is 3.22. The first kappa shape index (κ1) is 16.4. The number of ether oxygens (including phenoxy) is 2. The minimum Gasteiger partial charge on any atom is -0.507 e. The Labute approximate surface area is 154 Å². The van der Waals surface area contributed by atoms with Crippen molar-refractivity contribution in [3.63, 3.8) is 0 Å². The summed E-state index contributed by atoms with van der Waals surface area (Å²) in [6.45, 7) is 2.31. The SMILES string of the molecule is COc1ccc(O)c(-c2csc3nc(COc4ccc(C)cc4)nn23)c1. The van der Waals surface area contributed by atoms with Gasteiger partial charge in [0.25, 0.3) is 0 Å². The van der Waals surface area contributed by atoms with E-state index in [9.17, 15) is 5.11 Å². The van der Waals surface area contributed by atoms with E-state index in [-0.39, 0.29) is 12.4 Å². The Kier molecular flexibility index (Phi) is 4.22. The highest BCUT2D eigenvalue weighted by Gasteiger charge is 2.15. The number of aromatic hydroxyl groups is 1. The molecule has 26 heavy (non-hydrogen) atoms. The molecule has 4 aromatic rings. The van der Waals surface area contributed by atoms with Gasteiger partial charge in [0.1, 0.15) is 23.9 Å². The standard InChI is InChI=1S/C19H17N3O3S/c1-12-3-5-13(6-4-12)25-10-18-20-19-22(21-18)16(11-26-19)15-9-14(24-2)7-8-17(15)23/h3-9,11,23H,10H2,1-2H3. The Hall–Kier alpha value is -3.06. The maximum Gasteiger partial charge on any atom is 0.212 e. The molecule has 0 aliphatic rings. The van der Waals surface area contributed by atoms with Crippen molar-refractivity contribution in [1.82, 2.24) is 14.6 Å². The number of phenolic OH excluding ortho intramolecular Hbond substituents is 1. The molecule has 4 rings (SSSR count). The van der Waals surface area contributed by atoms with Crippen molar-refractivity contribution in [2.24, 2.45) is 0 Å². The third-order valence-corrected chi connectivity index (χ3v) is 4.81. The lowest BCUT2D eigenvalue weighted by Crippen LogP contribution is -1.99. The van der Waals surface area contributed by atoms with E-state index < -0.39 is 0 Å². The van der Waals surface area contributed by atoms with Crippen molar-refractivity contribution in [3.8, 4) is 28.5 Å². The highest BCUT2D eigenvalue weighted by molar-refractivity contribution is 7.15. The maximum absolute atomic E-state index is 10.2. The number of hydrogen-bond acceptors (Lipinski definition) is 6. The number of phenols is 1. The highest BCUT2D eigenvalue weighted by Crippen LogP contribution is 2.34. The van der Waals surface area contributed by atoms with Crippen LogP contribution in [0.25, 0.3) is 16.2 Å². The molecular formula is C19H17N3O3S. The Morgan fingerprint density at radius 3 is 2.65 bits per heavy atom. The molecule has 0 atom stereocenters. The summed E-state index contributed by atoms with van der Waals surface area (Å²) >= 11 is 1.46. The van der Waals surface area contributed by atoms with Crippen LogP contribution in [0.15, 0.2) is 47.8 Å². The van der Waals surface area contributed by atoms with Gasteiger partial charge in [-0.2, -0.15) is 4.98 Å². The molecule has 0 aliphatic carbocycles. The fourth-order valence-corrected chi connectivity index (χ4v) is 3.44. The fourth-order valence-electron chi connectivity index (χ4n) is 2.60. The Morgan fingerprint density at radius 2 is 1.88 bits per heavy atom. The molecule has 2 aromatic carbocycles. The molecule has 1 N–H and O–H groups in total. The van der Waals surface area contributed by atoms with Crippen LogP contribution in [0.1, 0.15) is 11.4 Å². The topological polar surface area (TPSA) is 68.9 Å². The molecule has 6 nitrogen and oxygen atoms in total. The number of nitrogens with zero attached hydrogens (tertiary/aromatic N) is 3. The van der Waals surface area contributed by atoms with Gasteiger partial charge < -0.3 is 14.6 Å². The first-order chi connectivity index (χ1) is 12.6. The van der Waals surface area contributed by atoms with Crippen molar-refractivity contribution in [2.45, 2.75) is 13.5 Å². The van der Waals surface area contributed by atoms with E-state index >= 15 is 0 Å². The van der Waals surface area contributed by atoms with Crippen LogP contribution in [0.5, 0.6) is 17.2 Å². The lowest BCUT2D eigenvalue weighted by molar-refractivity contribution is 0.296. The van der Waals surface area contributed by atoms with Crippen molar-refractivity contribution in [2.75, 3.05) is 7.11 Å². The molecule has 7 heteroatoms. The maximum atomic E-state index is 10.2. The third kappa shape index (κ3) is 3.09. The molecule has 0 fully saturated rings. The Morgan fingerprint density at radius 1 is 1.12 bits per heavy atom. The molecule has 0 radical (unpaired) electrons. The van der Waals surface area contributed by atoms with Gasteiger partial charge in [-0.3, -0.25) is 0 Å². The number of aryl methyl sites for hydroxylation is 1. The van der Waals surface area contributed by atoms with E-state index in [4.69, 9.17) is 9.47 Å². The quantitative estimate of drug-likeness (QED) is 0.576. The van der Waals surface area contributed by atoms with Crippen LogP contribution in [0, 0.1) is 6.92 Å². The highest BCUT2D eigenvalue weighted by atomic mass is 32.1. The first-order valence-corrected chi connectivity index (χ1v) is 8.92. The zero-order valence-corrected chi connectivity index (χ0v) is 15.2. The molecule has 0 bridgehead atoms. The van der Waals surface area contributed by atoms with Crippen LogP contribution in [0.2, 0.25) is 0 Å². The largest absolute Gasteiger partial charge is 0.507 e. The summed E-state index contributed by atoms with van der Waals surface area (Å²) in [5.74, 6) is 2.19. The second kappa shape index (κ2) is 6.68. The third-order valence-electron chi connectivity index (χ3n) is 3.99. The van der Waals surface area contributed by atoms with E-state index in [1.807, 2.05) is 36.6 Å². The van der Waals surface area contributed by atoms with Crippen LogP contribution in [-0.2, 0) is 6.61 Å². The van der Waals surface area contributed by atoms with Gasteiger partial charge in [0.15, 0.2) is 5.82 Å².